The number of anilines is 1. The van der Waals surface area contributed by atoms with Crippen molar-refractivity contribution in [2.24, 2.45) is 5.10 Å². The second kappa shape index (κ2) is 6.77. The highest BCUT2D eigenvalue weighted by Gasteiger charge is 2.08. The fourth-order valence-electron chi connectivity index (χ4n) is 3.25. The molecule has 2 aromatic carbocycles. The summed E-state index contributed by atoms with van der Waals surface area (Å²) in [4.78, 5) is 4.62. The zero-order valence-corrected chi connectivity index (χ0v) is 14.6. The summed E-state index contributed by atoms with van der Waals surface area (Å²) in [6.45, 7) is 3.45. The van der Waals surface area contributed by atoms with Gasteiger partial charge in [-0.15, -0.1) is 6.42 Å². The topological polar surface area (TPSA) is 47.1 Å². The minimum atomic E-state index is 0.535. The van der Waals surface area contributed by atoms with E-state index in [2.05, 4.69) is 55.7 Å². The summed E-state index contributed by atoms with van der Waals surface area (Å²) in [5, 5.41) is 5.54. The Balaban J connectivity index is 1.66. The molecule has 0 saturated heterocycles. The van der Waals surface area contributed by atoms with Gasteiger partial charge in [0.15, 0.2) is 0 Å². The Kier molecular flexibility index (Phi) is 4.16. The minimum absolute atomic E-state index is 0.535. The van der Waals surface area contributed by atoms with Crippen LogP contribution < -0.4 is 5.43 Å². The number of benzene rings is 2. The summed E-state index contributed by atoms with van der Waals surface area (Å²) < 4.78 is 4.16. The fourth-order valence-corrected chi connectivity index (χ4v) is 3.25. The largest absolute Gasteiger partial charge is 0.335 e. The number of hydrogen-bond acceptors (Lipinski definition) is 3. The van der Waals surface area contributed by atoms with Crippen LogP contribution in [0.15, 0.2) is 59.8 Å². The number of imidazole rings is 1. The Morgan fingerprint density at radius 3 is 2.73 bits per heavy atom. The van der Waals surface area contributed by atoms with Gasteiger partial charge in [0.1, 0.15) is 0 Å². The average Bonchev–Trinajstić information content (AvgIpc) is 3.20. The smallest absolute Gasteiger partial charge is 0.224 e. The lowest BCUT2D eigenvalue weighted by Gasteiger charge is -2.04. The molecule has 1 N–H and O–H groups in total. The molecule has 0 aliphatic rings. The molecule has 0 aliphatic carbocycles. The van der Waals surface area contributed by atoms with Crippen LogP contribution in [0.25, 0.3) is 21.9 Å². The molecule has 26 heavy (non-hydrogen) atoms. The highest BCUT2D eigenvalue weighted by atomic mass is 15.4. The molecule has 4 aromatic rings. The first-order chi connectivity index (χ1) is 12.8. The van der Waals surface area contributed by atoms with Gasteiger partial charge in [0.05, 0.1) is 23.8 Å². The van der Waals surface area contributed by atoms with Crippen LogP contribution in [0.1, 0.15) is 12.5 Å². The second-order valence-corrected chi connectivity index (χ2v) is 5.97. The summed E-state index contributed by atoms with van der Waals surface area (Å²) in [6.07, 6.45) is 9.32. The average molecular weight is 341 g/mol. The molecule has 5 heteroatoms. The third-order valence-corrected chi connectivity index (χ3v) is 4.42. The number of hydrazone groups is 1. The molecule has 2 heterocycles. The maximum atomic E-state index is 5.48. The van der Waals surface area contributed by atoms with Crippen molar-refractivity contribution in [2.75, 3.05) is 5.43 Å². The highest BCUT2D eigenvalue weighted by molar-refractivity contribution is 5.99. The predicted octanol–water partition coefficient (Wildman–Crippen LogP) is 4.09. The molecular formula is C21H19N5. The van der Waals surface area contributed by atoms with Crippen LogP contribution in [0.5, 0.6) is 0 Å². The second-order valence-electron chi connectivity index (χ2n) is 5.97. The number of nitrogens with one attached hydrogen (secondary N) is 1. The van der Waals surface area contributed by atoms with E-state index >= 15 is 0 Å². The first-order valence-electron chi connectivity index (χ1n) is 8.57. The summed E-state index contributed by atoms with van der Waals surface area (Å²) in [7, 11) is 0. The molecule has 0 bridgehead atoms. The lowest BCUT2D eigenvalue weighted by molar-refractivity contribution is 0.791. The quantitative estimate of drug-likeness (QED) is 0.338. The number of terminal acetylenes is 1. The van der Waals surface area contributed by atoms with Gasteiger partial charge in [0.2, 0.25) is 5.95 Å². The van der Waals surface area contributed by atoms with Gasteiger partial charge in [-0.05, 0) is 25.1 Å². The summed E-state index contributed by atoms with van der Waals surface area (Å²) >= 11 is 0. The van der Waals surface area contributed by atoms with Crippen molar-refractivity contribution < 1.29 is 0 Å². The molecule has 0 amide bonds. The number of para-hydroxylation sites is 3. The molecule has 0 atom stereocenters. The number of nitrogens with zero attached hydrogens (tertiary/aromatic N) is 4. The van der Waals surface area contributed by atoms with E-state index in [4.69, 9.17) is 6.42 Å². The number of fused-ring (bicyclic) bond motifs is 2. The maximum absolute atomic E-state index is 5.48. The standard InChI is InChI=1S/C21H19N5/c1-3-13-25-15-16(17-9-5-7-11-19(17)25)14-22-24-21-23-18-10-6-8-12-20(18)26(21)4-2/h1,5-12,14-15H,4,13H2,2H3,(H,23,24)/b22-14-. The molecule has 128 valence electrons. The third-order valence-electron chi connectivity index (χ3n) is 4.42. The molecule has 4 rings (SSSR count). The van der Waals surface area contributed by atoms with Crippen molar-refractivity contribution in [3.05, 3.63) is 60.3 Å². The van der Waals surface area contributed by atoms with Gasteiger partial charge in [-0.1, -0.05) is 36.3 Å². The Hall–Kier alpha value is -3.52. The number of rotatable bonds is 5. The number of aromatic nitrogens is 3. The van der Waals surface area contributed by atoms with E-state index in [1.807, 2.05) is 42.7 Å². The van der Waals surface area contributed by atoms with Gasteiger partial charge in [0.25, 0.3) is 0 Å². The van der Waals surface area contributed by atoms with Crippen LogP contribution in [0.3, 0.4) is 0 Å². The van der Waals surface area contributed by atoms with E-state index < -0.39 is 0 Å². The summed E-state index contributed by atoms with van der Waals surface area (Å²) in [5.74, 6) is 3.42. The summed E-state index contributed by atoms with van der Waals surface area (Å²) in [5.41, 5.74) is 7.25. The van der Waals surface area contributed by atoms with Gasteiger partial charge in [0, 0.05) is 29.2 Å². The Bertz CT molecular complexity index is 1140. The van der Waals surface area contributed by atoms with Crippen molar-refractivity contribution in [3.8, 4) is 12.3 Å². The van der Waals surface area contributed by atoms with Crippen molar-refractivity contribution >= 4 is 34.1 Å². The Labute approximate surface area is 152 Å². The monoisotopic (exact) mass is 341 g/mol. The molecule has 0 spiro atoms. The van der Waals surface area contributed by atoms with Crippen LogP contribution in [-0.2, 0) is 13.1 Å². The lowest BCUT2D eigenvalue weighted by atomic mass is 10.2. The SMILES string of the molecule is C#CCn1cc(/C=N\Nc2nc3ccccc3n2CC)c2ccccc21. The first-order valence-corrected chi connectivity index (χ1v) is 8.57. The van der Waals surface area contributed by atoms with E-state index in [9.17, 15) is 0 Å². The summed E-state index contributed by atoms with van der Waals surface area (Å²) in [6, 6.07) is 16.2. The van der Waals surface area contributed by atoms with Gasteiger partial charge in [-0.3, -0.25) is 0 Å². The van der Waals surface area contributed by atoms with Crippen molar-refractivity contribution in [1.29, 1.82) is 0 Å². The zero-order valence-electron chi connectivity index (χ0n) is 14.6. The molecule has 0 unspecified atom stereocenters. The Morgan fingerprint density at radius 2 is 1.92 bits per heavy atom. The van der Waals surface area contributed by atoms with E-state index in [0.29, 0.717) is 6.54 Å². The van der Waals surface area contributed by atoms with Crippen LogP contribution in [0.2, 0.25) is 0 Å². The molecule has 0 saturated carbocycles. The van der Waals surface area contributed by atoms with Gasteiger partial charge in [-0.2, -0.15) is 5.10 Å². The molecule has 0 radical (unpaired) electrons. The molecule has 0 fully saturated rings. The predicted molar refractivity (Wildman–Crippen MR) is 107 cm³/mol. The van der Waals surface area contributed by atoms with E-state index in [0.717, 1.165) is 40.0 Å². The zero-order chi connectivity index (χ0) is 17.9. The normalized spacial score (nSPS) is 11.4. The van der Waals surface area contributed by atoms with Crippen LogP contribution in [-0.4, -0.2) is 20.3 Å². The van der Waals surface area contributed by atoms with Crippen molar-refractivity contribution in [1.82, 2.24) is 14.1 Å². The van der Waals surface area contributed by atoms with Crippen molar-refractivity contribution in [3.63, 3.8) is 0 Å². The van der Waals surface area contributed by atoms with Crippen LogP contribution in [0, 0.1) is 12.3 Å². The molecular weight excluding hydrogens is 322 g/mol. The van der Waals surface area contributed by atoms with Gasteiger partial charge in [-0.25, -0.2) is 10.4 Å². The molecule has 5 nitrogen and oxygen atoms in total. The maximum Gasteiger partial charge on any atom is 0.224 e. The van der Waals surface area contributed by atoms with E-state index in [-0.39, 0.29) is 0 Å². The Morgan fingerprint density at radius 1 is 1.15 bits per heavy atom. The lowest BCUT2D eigenvalue weighted by Crippen LogP contribution is -2.01. The van der Waals surface area contributed by atoms with Gasteiger partial charge < -0.3 is 9.13 Å². The highest BCUT2D eigenvalue weighted by Crippen LogP contribution is 2.21. The fraction of sp³-hybridized carbons (Fsp3) is 0.143. The molecule has 2 aromatic heterocycles. The third kappa shape index (κ3) is 2.72. The minimum Gasteiger partial charge on any atom is -0.335 e. The van der Waals surface area contributed by atoms with Crippen LogP contribution in [0.4, 0.5) is 5.95 Å². The first kappa shape index (κ1) is 16.0. The van der Waals surface area contributed by atoms with Crippen LogP contribution >= 0.6 is 0 Å². The number of aryl methyl sites for hydroxylation is 1. The van der Waals surface area contributed by atoms with Crippen molar-refractivity contribution in [2.45, 2.75) is 20.0 Å². The van der Waals surface area contributed by atoms with E-state index in [1.165, 1.54) is 0 Å². The van der Waals surface area contributed by atoms with Gasteiger partial charge >= 0.3 is 0 Å². The molecule has 0 aliphatic heterocycles. The number of hydrogen-bond donors (Lipinski definition) is 1. The van der Waals surface area contributed by atoms with E-state index in [1.54, 1.807) is 0 Å².